The number of nitrogens with zero attached hydrogens (tertiary/aromatic N) is 5. The molecule has 71 heavy (non-hydrogen) atoms. The van der Waals surface area contributed by atoms with Crippen LogP contribution in [-0.4, -0.2) is 65.2 Å². The van der Waals surface area contributed by atoms with Crippen molar-refractivity contribution in [2.24, 2.45) is 4.99 Å². The molecule has 4 aromatic heterocycles. The SMILES string of the molecule is C.C.C1CCOC1.Nc1ccc(Oc2ncnc3cc[nH]c23)c(F)c1.O=C(Cc1c(Cl)cccc1Cl)N=C=S.O=C(Cc1c(Cl)cccc1Cl)NC(=S)Nc1ccc(Oc2ncnc3cc[nH]c23)c(F)c1. The maximum absolute atomic E-state index is 14.6. The summed E-state index contributed by atoms with van der Waals surface area (Å²) in [5, 5.41) is 8.92. The van der Waals surface area contributed by atoms with Crippen LogP contribution in [0.2, 0.25) is 20.1 Å². The molecule has 1 saturated heterocycles. The minimum absolute atomic E-state index is 0. The van der Waals surface area contributed by atoms with Crippen molar-refractivity contribution in [2.45, 2.75) is 40.5 Å². The van der Waals surface area contributed by atoms with Crippen LogP contribution in [0.15, 0.2) is 115 Å². The molecule has 4 aromatic carbocycles. The predicted molar refractivity (Wildman–Crippen MR) is 283 cm³/mol. The molecule has 1 aliphatic rings. The van der Waals surface area contributed by atoms with E-state index < -0.39 is 23.4 Å². The Kier molecular flexibility index (Phi) is 22.6. The number of hydrogen-bond donors (Lipinski definition) is 5. The third-order valence-corrected chi connectivity index (χ3v) is 10.9. The summed E-state index contributed by atoms with van der Waals surface area (Å²) in [5.74, 6) is -1.51. The summed E-state index contributed by atoms with van der Waals surface area (Å²) in [6.45, 7) is 2.00. The molecule has 0 spiro atoms. The zero-order chi connectivity index (χ0) is 49.3. The maximum Gasteiger partial charge on any atom is 0.259 e. The van der Waals surface area contributed by atoms with Gasteiger partial charge in [0.2, 0.25) is 17.7 Å². The number of carbonyl (C=O) groups excluding carboxylic acids is 2. The largest absolute Gasteiger partial charge is 0.434 e. The van der Waals surface area contributed by atoms with E-state index in [-0.39, 0.29) is 56.1 Å². The maximum atomic E-state index is 14.6. The number of nitrogen functional groups attached to an aromatic ring is 1. The molecular weight excluding hydrogens is 1040 g/mol. The Morgan fingerprint density at radius 1 is 0.732 bits per heavy atom. The van der Waals surface area contributed by atoms with Gasteiger partial charge in [-0.25, -0.2) is 18.7 Å². The molecule has 1 aliphatic heterocycles. The van der Waals surface area contributed by atoms with Crippen molar-refractivity contribution in [1.29, 1.82) is 0 Å². The van der Waals surface area contributed by atoms with E-state index in [1.807, 2.05) is 5.16 Å². The topological polar surface area (TPSA) is 207 Å². The molecule has 0 aliphatic carbocycles. The molecule has 5 heterocycles. The van der Waals surface area contributed by atoms with Gasteiger partial charge in [-0.2, -0.15) is 15.0 Å². The van der Waals surface area contributed by atoms with Crippen molar-refractivity contribution in [2.75, 3.05) is 24.3 Å². The molecule has 15 nitrogen and oxygen atoms in total. The van der Waals surface area contributed by atoms with Gasteiger partial charge in [0.25, 0.3) is 5.91 Å². The van der Waals surface area contributed by atoms with Crippen LogP contribution < -0.4 is 25.8 Å². The summed E-state index contributed by atoms with van der Waals surface area (Å²) in [5.41, 5.74) is 9.71. The standard InChI is InChI=1S/C21H14Cl2FN5O2S.C12H9FN4O.C9H5Cl2NOS.C4H8O.2CH4/c22-13-2-1-3-14(23)12(13)9-18(30)29-21(32)28-11-4-5-17(15(24)8-11)31-20-19-16(6-7-25-19)26-10-27-20;13-8-5-7(14)1-2-10(8)18-12-11-9(3-4-15-11)16-6-17-12;10-7-2-1-3-8(11)6(7)4-9(13)12-5-14;1-2-4-5-3-1;;/h1-8,10,25H,9H2,(H2,28,29,30,32);1-6,15H,14H2;1-3H,4H2;1-4H2;2*1H4. The lowest BCUT2D eigenvalue weighted by Gasteiger charge is -2.12. The van der Waals surface area contributed by atoms with Gasteiger partial charge < -0.3 is 40.5 Å². The number of isothiocyanates is 1. The number of benzene rings is 4. The minimum Gasteiger partial charge on any atom is -0.434 e. The minimum atomic E-state index is -0.648. The molecule has 8 aromatic rings. The van der Waals surface area contributed by atoms with E-state index in [1.165, 1.54) is 49.8 Å². The van der Waals surface area contributed by atoms with E-state index in [1.54, 1.807) is 73.1 Å². The lowest BCUT2D eigenvalue weighted by atomic mass is 10.1. The number of aromatic nitrogens is 6. The van der Waals surface area contributed by atoms with Gasteiger partial charge in [-0.15, -0.1) is 0 Å². The highest BCUT2D eigenvalue weighted by molar-refractivity contribution is 7.80. The number of aromatic amines is 2. The Labute approximate surface area is 437 Å². The first-order valence-electron chi connectivity index (χ1n) is 20.2. The van der Waals surface area contributed by atoms with Gasteiger partial charge in [-0.3, -0.25) is 9.59 Å². The van der Waals surface area contributed by atoms with Crippen molar-refractivity contribution < 1.29 is 32.6 Å². The van der Waals surface area contributed by atoms with E-state index >= 15 is 0 Å². The van der Waals surface area contributed by atoms with Gasteiger partial charge in [-0.1, -0.05) is 73.4 Å². The number of thiocarbonyl (C=S) groups is 2. The van der Waals surface area contributed by atoms with Gasteiger partial charge in [0.1, 0.15) is 23.7 Å². The second-order valence-corrected chi connectivity index (χ2v) is 16.3. The number of rotatable bonds is 9. The zero-order valence-electron chi connectivity index (χ0n) is 35.6. The zero-order valence-corrected chi connectivity index (χ0v) is 40.2. The molecule has 0 bridgehead atoms. The fourth-order valence-corrected chi connectivity index (χ4v) is 7.36. The highest BCUT2D eigenvalue weighted by atomic mass is 35.5. The van der Waals surface area contributed by atoms with Crippen molar-refractivity contribution in [3.8, 4) is 23.3 Å². The van der Waals surface area contributed by atoms with Crippen LogP contribution in [0.1, 0.15) is 38.8 Å². The Balaban J connectivity index is 0.000000236. The van der Waals surface area contributed by atoms with Crippen LogP contribution in [0, 0.1) is 11.6 Å². The number of carbonyl (C=O) groups is 2. The summed E-state index contributed by atoms with van der Waals surface area (Å²) in [6.07, 6.45) is 8.63. The summed E-state index contributed by atoms with van der Waals surface area (Å²) < 4.78 is 44.1. The highest BCUT2D eigenvalue weighted by Gasteiger charge is 2.15. The average molecular weight is 1080 g/mol. The fraction of sp³-hybridized carbons (Fsp3) is 0.167. The third-order valence-electron chi connectivity index (χ3n) is 9.22. The average Bonchev–Trinajstić information content (AvgIpc) is 4.15. The van der Waals surface area contributed by atoms with Crippen LogP contribution >= 0.6 is 70.8 Å². The van der Waals surface area contributed by atoms with E-state index in [0.29, 0.717) is 64.7 Å². The molecule has 0 unspecified atom stereocenters. The number of ether oxygens (including phenoxy) is 3. The van der Waals surface area contributed by atoms with Crippen LogP contribution in [0.4, 0.5) is 20.2 Å². The quantitative estimate of drug-likeness (QED) is 0.0519. The first-order chi connectivity index (χ1) is 33.3. The third kappa shape index (κ3) is 16.7. The molecule has 0 saturated carbocycles. The second kappa shape index (κ2) is 28.2. The van der Waals surface area contributed by atoms with Crippen molar-refractivity contribution in [3.05, 3.63) is 153 Å². The van der Waals surface area contributed by atoms with E-state index in [0.717, 1.165) is 13.2 Å². The predicted octanol–water partition coefficient (Wildman–Crippen LogP) is 13.0. The van der Waals surface area contributed by atoms with Crippen LogP contribution in [-0.2, 0) is 27.2 Å². The molecule has 9 rings (SSSR count). The van der Waals surface area contributed by atoms with Crippen LogP contribution in [0.25, 0.3) is 22.1 Å². The van der Waals surface area contributed by atoms with Crippen molar-refractivity contribution >= 4 is 126 Å². The van der Waals surface area contributed by atoms with Crippen molar-refractivity contribution in [1.82, 2.24) is 35.2 Å². The molecule has 23 heteroatoms. The summed E-state index contributed by atoms with van der Waals surface area (Å²) in [6, 6.07) is 21.9. The van der Waals surface area contributed by atoms with Crippen LogP contribution in [0.5, 0.6) is 23.3 Å². The van der Waals surface area contributed by atoms with Gasteiger partial charge in [0.15, 0.2) is 28.2 Å². The molecule has 0 radical (unpaired) electrons. The molecule has 370 valence electrons. The smallest absolute Gasteiger partial charge is 0.259 e. The Morgan fingerprint density at radius 2 is 1.23 bits per heavy atom. The summed E-state index contributed by atoms with van der Waals surface area (Å²) in [4.78, 5) is 48.7. The number of aliphatic imine (C=N–C) groups is 1. The van der Waals surface area contributed by atoms with Gasteiger partial charge in [0.05, 0.1) is 29.0 Å². The molecule has 2 amide bonds. The number of H-pyrrole nitrogens is 2. The Hall–Kier alpha value is -6.67. The number of hydrogen-bond acceptors (Lipinski definition) is 12. The second-order valence-electron chi connectivity index (χ2n) is 14.0. The lowest BCUT2D eigenvalue weighted by molar-refractivity contribution is -0.119. The van der Waals surface area contributed by atoms with Gasteiger partial charge >= 0.3 is 0 Å². The molecule has 0 atom stereocenters. The number of halogens is 6. The number of nitrogens with two attached hydrogens (primary N) is 1. The van der Waals surface area contributed by atoms with E-state index in [2.05, 4.69) is 57.7 Å². The number of nitrogens with one attached hydrogen (secondary N) is 4. The number of amides is 2. The van der Waals surface area contributed by atoms with Crippen LogP contribution in [0.3, 0.4) is 0 Å². The molecule has 1 fully saturated rings. The van der Waals surface area contributed by atoms with Gasteiger partial charge in [-0.05, 0) is 109 Å². The highest BCUT2D eigenvalue weighted by Crippen LogP contribution is 2.31. The van der Waals surface area contributed by atoms with Gasteiger partial charge in [0, 0.05) is 69.2 Å². The number of anilines is 2. The van der Waals surface area contributed by atoms with E-state index in [9.17, 15) is 18.4 Å². The monoisotopic (exact) mass is 1080 g/mol. The van der Waals surface area contributed by atoms with Crippen molar-refractivity contribution in [3.63, 3.8) is 0 Å². The lowest BCUT2D eigenvalue weighted by Crippen LogP contribution is -2.35. The van der Waals surface area contributed by atoms with E-state index in [4.69, 9.17) is 78.6 Å². The number of fused-ring (bicyclic) bond motifs is 2. The molecular formula is C48H44Cl4F2N10O5S2. The Morgan fingerprint density at radius 3 is 1.69 bits per heavy atom. The summed E-state index contributed by atoms with van der Waals surface area (Å²) >= 11 is 33.3. The fourth-order valence-electron chi connectivity index (χ4n) is 5.97. The normalized spacial score (nSPS) is 11.1. The first kappa shape index (κ1) is 56.9. The summed E-state index contributed by atoms with van der Waals surface area (Å²) in [7, 11) is 0. The Bertz CT molecular complexity index is 3110. The first-order valence-corrected chi connectivity index (χ1v) is 22.5. The molecule has 6 N–H and O–H groups in total.